The van der Waals surface area contributed by atoms with Gasteiger partial charge in [0.25, 0.3) is 0 Å². The predicted octanol–water partition coefficient (Wildman–Crippen LogP) is 3.77. The highest BCUT2D eigenvalue weighted by Crippen LogP contribution is 2.51. The van der Waals surface area contributed by atoms with E-state index in [-0.39, 0.29) is 23.2 Å². The quantitative estimate of drug-likeness (QED) is 0.796. The summed E-state index contributed by atoms with van der Waals surface area (Å²) in [7, 11) is 0. The number of aliphatic hydroxyl groups is 1. The van der Waals surface area contributed by atoms with E-state index in [0.29, 0.717) is 0 Å². The summed E-state index contributed by atoms with van der Waals surface area (Å²) >= 11 is 0. The van der Waals surface area contributed by atoms with Gasteiger partial charge in [-0.1, -0.05) is 49.8 Å². The van der Waals surface area contributed by atoms with Crippen LogP contribution in [0.25, 0.3) is 6.08 Å². The number of carbonyl (C=O) groups excluding carboxylic acids is 1. The van der Waals surface area contributed by atoms with E-state index < -0.39 is 0 Å². The molecule has 1 aromatic carbocycles. The van der Waals surface area contributed by atoms with Gasteiger partial charge in [-0.05, 0) is 42.9 Å². The van der Waals surface area contributed by atoms with E-state index in [9.17, 15) is 9.90 Å². The van der Waals surface area contributed by atoms with Gasteiger partial charge in [0.1, 0.15) is 0 Å². The van der Waals surface area contributed by atoms with Crippen LogP contribution in [0.5, 0.6) is 0 Å². The molecule has 0 radical (unpaired) electrons. The minimum Gasteiger partial charge on any atom is -0.392 e. The number of hydrogen-bond acceptors (Lipinski definition) is 2. The smallest absolute Gasteiger partial charge is 0.182 e. The average molecular weight is 282 g/mol. The fourth-order valence-corrected chi connectivity index (χ4v) is 3.77. The van der Waals surface area contributed by atoms with E-state index in [1.165, 1.54) is 0 Å². The van der Waals surface area contributed by atoms with Crippen LogP contribution in [0.15, 0.2) is 47.6 Å². The first-order valence-corrected chi connectivity index (χ1v) is 7.73. The SMILES string of the molecule is C[C@H]1/C(=C/c2ccccc2)C(=O)C=C2CCC[C@H](O)[C@]21C. The normalized spacial score (nSPS) is 34.5. The minimum atomic E-state index is -0.361. The Kier molecular flexibility index (Phi) is 3.58. The first-order valence-electron chi connectivity index (χ1n) is 7.73. The fourth-order valence-electron chi connectivity index (χ4n) is 3.77. The number of fused-ring (bicyclic) bond motifs is 1. The third kappa shape index (κ3) is 2.28. The Morgan fingerprint density at radius 1 is 1.29 bits per heavy atom. The zero-order chi connectivity index (χ0) is 15.0. The largest absolute Gasteiger partial charge is 0.392 e. The van der Waals surface area contributed by atoms with Crippen molar-refractivity contribution in [2.45, 2.75) is 39.2 Å². The molecule has 2 heteroatoms. The molecule has 1 saturated carbocycles. The summed E-state index contributed by atoms with van der Waals surface area (Å²) in [5.74, 6) is 0.147. The molecule has 21 heavy (non-hydrogen) atoms. The van der Waals surface area contributed by atoms with Gasteiger partial charge in [0.2, 0.25) is 0 Å². The van der Waals surface area contributed by atoms with E-state index in [0.717, 1.165) is 36.0 Å². The lowest BCUT2D eigenvalue weighted by molar-refractivity contribution is -0.113. The Morgan fingerprint density at radius 2 is 2.00 bits per heavy atom. The first-order chi connectivity index (χ1) is 10.0. The average Bonchev–Trinajstić information content (AvgIpc) is 2.48. The van der Waals surface area contributed by atoms with Crippen LogP contribution in [0.1, 0.15) is 38.7 Å². The highest BCUT2D eigenvalue weighted by molar-refractivity contribution is 6.09. The third-order valence-electron chi connectivity index (χ3n) is 5.39. The van der Waals surface area contributed by atoms with Crippen LogP contribution in [-0.4, -0.2) is 17.0 Å². The molecular weight excluding hydrogens is 260 g/mol. The van der Waals surface area contributed by atoms with Gasteiger partial charge in [-0.15, -0.1) is 0 Å². The van der Waals surface area contributed by atoms with Crippen molar-refractivity contribution in [3.63, 3.8) is 0 Å². The minimum absolute atomic E-state index is 0.0421. The van der Waals surface area contributed by atoms with Crippen molar-refractivity contribution >= 4 is 11.9 Å². The summed E-state index contributed by atoms with van der Waals surface area (Å²) in [5, 5.41) is 10.5. The van der Waals surface area contributed by atoms with E-state index >= 15 is 0 Å². The molecule has 1 aromatic rings. The molecule has 1 fully saturated rings. The van der Waals surface area contributed by atoms with Gasteiger partial charge in [-0.2, -0.15) is 0 Å². The Morgan fingerprint density at radius 3 is 2.71 bits per heavy atom. The maximum atomic E-state index is 12.5. The Labute approximate surface area is 126 Å². The van der Waals surface area contributed by atoms with E-state index in [4.69, 9.17) is 0 Å². The lowest BCUT2D eigenvalue weighted by Crippen LogP contribution is -2.46. The second-order valence-electron chi connectivity index (χ2n) is 6.46. The monoisotopic (exact) mass is 282 g/mol. The number of aliphatic hydroxyl groups excluding tert-OH is 1. The van der Waals surface area contributed by atoms with E-state index in [2.05, 4.69) is 13.8 Å². The van der Waals surface area contributed by atoms with Crippen LogP contribution in [0.2, 0.25) is 0 Å². The molecule has 0 aliphatic heterocycles. The first kappa shape index (κ1) is 14.3. The van der Waals surface area contributed by atoms with Crippen molar-refractivity contribution in [2.75, 3.05) is 0 Å². The number of ketones is 1. The molecule has 0 saturated heterocycles. The lowest BCUT2D eigenvalue weighted by atomic mass is 9.57. The third-order valence-corrected chi connectivity index (χ3v) is 5.39. The molecule has 2 aliphatic carbocycles. The highest BCUT2D eigenvalue weighted by Gasteiger charge is 2.48. The molecular formula is C19H22O2. The molecule has 1 N–H and O–H groups in total. The van der Waals surface area contributed by atoms with Crippen LogP contribution < -0.4 is 0 Å². The van der Waals surface area contributed by atoms with Crippen LogP contribution in [0.4, 0.5) is 0 Å². The molecule has 0 heterocycles. The molecule has 3 atom stereocenters. The van der Waals surface area contributed by atoms with Gasteiger partial charge in [0.15, 0.2) is 5.78 Å². The maximum absolute atomic E-state index is 12.5. The molecule has 0 spiro atoms. The highest BCUT2D eigenvalue weighted by atomic mass is 16.3. The molecule has 0 bridgehead atoms. The van der Waals surface area contributed by atoms with Gasteiger partial charge in [-0.3, -0.25) is 4.79 Å². The Hall–Kier alpha value is -1.67. The number of allylic oxidation sites excluding steroid dienone is 2. The summed E-state index contributed by atoms with van der Waals surface area (Å²) in [6.07, 6.45) is 6.12. The van der Waals surface area contributed by atoms with Gasteiger partial charge in [-0.25, -0.2) is 0 Å². The Bertz CT molecular complexity index is 612. The second-order valence-corrected chi connectivity index (χ2v) is 6.46. The van der Waals surface area contributed by atoms with Crippen molar-refractivity contribution in [1.82, 2.24) is 0 Å². The number of carbonyl (C=O) groups is 1. The summed E-state index contributed by atoms with van der Waals surface area (Å²) in [5.41, 5.74) is 2.68. The van der Waals surface area contributed by atoms with Gasteiger partial charge in [0.05, 0.1) is 6.10 Å². The Balaban J connectivity index is 2.06. The van der Waals surface area contributed by atoms with Gasteiger partial charge in [0, 0.05) is 11.0 Å². The van der Waals surface area contributed by atoms with Crippen LogP contribution in [-0.2, 0) is 4.79 Å². The van der Waals surface area contributed by atoms with E-state index in [1.807, 2.05) is 36.4 Å². The van der Waals surface area contributed by atoms with Crippen molar-refractivity contribution < 1.29 is 9.90 Å². The molecule has 0 aromatic heterocycles. The number of rotatable bonds is 1. The number of benzene rings is 1. The molecule has 0 unspecified atom stereocenters. The van der Waals surface area contributed by atoms with Crippen LogP contribution >= 0.6 is 0 Å². The van der Waals surface area contributed by atoms with E-state index in [1.54, 1.807) is 6.08 Å². The summed E-state index contributed by atoms with van der Waals surface area (Å²) in [4.78, 5) is 12.5. The fraction of sp³-hybridized carbons (Fsp3) is 0.421. The van der Waals surface area contributed by atoms with Gasteiger partial charge < -0.3 is 5.11 Å². The van der Waals surface area contributed by atoms with Crippen LogP contribution in [0.3, 0.4) is 0 Å². The van der Waals surface area contributed by atoms with Crippen molar-refractivity contribution in [3.8, 4) is 0 Å². The molecule has 2 aliphatic rings. The topological polar surface area (TPSA) is 37.3 Å². The van der Waals surface area contributed by atoms with Crippen molar-refractivity contribution in [1.29, 1.82) is 0 Å². The maximum Gasteiger partial charge on any atom is 0.182 e. The summed E-state index contributed by atoms with van der Waals surface area (Å²) < 4.78 is 0. The van der Waals surface area contributed by atoms with Crippen molar-refractivity contribution in [2.24, 2.45) is 11.3 Å². The predicted molar refractivity (Wildman–Crippen MR) is 84.6 cm³/mol. The lowest BCUT2D eigenvalue weighted by Gasteiger charge is -2.48. The second kappa shape index (κ2) is 5.27. The zero-order valence-electron chi connectivity index (χ0n) is 12.7. The van der Waals surface area contributed by atoms with Crippen LogP contribution in [0, 0.1) is 11.3 Å². The molecule has 2 nitrogen and oxygen atoms in total. The summed E-state index contributed by atoms with van der Waals surface area (Å²) in [6, 6.07) is 9.93. The summed E-state index contributed by atoms with van der Waals surface area (Å²) in [6.45, 7) is 4.19. The van der Waals surface area contributed by atoms with Gasteiger partial charge >= 0.3 is 0 Å². The molecule has 110 valence electrons. The molecule has 0 amide bonds. The standard InChI is InChI=1S/C19H22O2/c1-13-16(11-14-7-4-3-5-8-14)17(20)12-15-9-6-10-18(21)19(13,15)2/h3-5,7-8,11-13,18,21H,6,9-10H2,1-2H3/b16-11-/t13-,18-,19-/m0/s1. The van der Waals surface area contributed by atoms with Crippen molar-refractivity contribution in [3.05, 3.63) is 53.1 Å². The molecule has 3 rings (SSSR count). The number of hydrogen-bond donors (Lipinski definition) is 1. The zero-order valence-corrected chi connectivity index (χ0v) is 12.7.